The molecule has 35 heavy (non-hydrogen) atoms. The maximum atomic E-state index is 8.29. The second kappa shape index (κ2) is 10.2. The molecule has 0 aliphatic carbocycles. The minimum absolute atomic E-state index is 0.0473. The minimum atomic E-state index is -3.64. The second-order valence-electron chi connectivity index (χ2n) is 9.95. The van der Waals surface area contributed by atoms with Crippen LogP contribution >= 0.6 is 0 Å². The van der Waals surface area contributed by atoms with Crippen molar-refractivity contribution < 1.29 is 17.0 Å². The van der Waals surface area contributed by atoms with Crippen LogP contribution in [0.2, 0.25) is 0 Å². The van der Waals surface area contributed by atoms with Gasteiger partial charge in [0.1, 0.15) is 0 Å². The van der Waals surface area contributed by atoms with E-state index in [2.05, 4.69) is 102 Å². The van der Waals surface area contributed by atoms with Gasteiger partial charge in [0.2, 0.25) is 0 Å². The molecule has 2 fully saturated rings. The number of fused-ring (bicyclic) bond motifs is 1. The zero-order chi connectivity index (χ0) is 26.2. The van der Waals surface area contributed by atoms with Crippen LogP contribution in [0.4, 0.5) is 0 Å². The number of rotatable bonds is 7. The van der Waals surface area contributed by atoms with E-state index >= 15 is 0 Å². The Bertz CT molecular complexity index is 1140. The van der Waals surface area contributed by atoms with Gasteiger partial charge in [-0.05, 0) is 0 Å². The van der Waals surface area contributed by atoms with Gasteiger partial charge >= 0.3 is 217 Å². The maximum absolute atomic E-state index is 8.29. The van der Waals surface area contributed by atoms with Gasteiger partial charge in [-0.25, -0.2) is 0 Å². The van der Waals surface area contributed by atoms with E-state index in [9.17, 15) is 0 Å². The molecule has 0 bridgehead atoms. The molecule has 5 rings (SSSR count). The Morgan fingerprint density at radius 3 is 1.89 bits per heavy atom. The third kappa shape index (κ3) is 4.31. The van der Waals surface area contributed by atoms with Gasteiger partial charge < -0.3 is 0 Å². The van der Waals surface area contributed by atoms with Crippen LogP contribution in [0.3, 0.4) is 0 Å². The van der Waals surface area contributed by atoms with Gasteiger partial charge in [0.25, 0.3) is 0 Å². The van der Waals surface area contributed by atoms with Crippen LogP contribution in [-0.2, 0) is 14.2 Å². The first-order valence-electron chi connectivity index (χ1n) is 13.5. The molecule has 3 aromatic rings. The van der Waals surface area contributed by atoms with Gasteiger partial charge in [0.15, 0.2) is 0 Å². The molecule has 2 saturated heterocycles. The Hall–Kier alpha value is -1.92. The Balaban J connectivity index is 1.69. The van der Waals surface area contributed by atoms with Crippen molar-refractivity contribution in [2.75, 3.05) is 26.9 Å². The molecule has 0 spiro atoms. The zero-order valence-corrected chi connectivity index (χ0v) is 23.7. The standard InChI is InChI=1S/C13H21O3.3C6H5.Sn/c1-10-5-7-15-13(3)11(10)9-16-12(13,2)6-8-14-4;3*1-2-4-6-5-3-1;/h1,11H,5-9H2,2-4H3;3*1-5H;/t11-,12-,13+;;;;/m1..../s1/i8D2;;;;. The number of methoxy groups -OCH3 is 1. The molecule has 0 unspecified atom stereocenters. The molecule has 0 aromatic heterocycles. The van der Waals surface area contributed by atoms with E-state index in [-0.39, 0.29) is 12.3 Å². The molecule has 2 aliphatic rings. The molecule has 0 radical (unpaired) electrons. The summed E-state index contributed by atoms with van der Waals surface area (Å²) in [5.74, 6) is 0.0473. The summed E-state index contributed by atoms with van der Waals surface area (Å²) in [4.78, 5) is 0. The fourth-order valence-corrected chi connectivity index (χ4v) is 19.0. The predicted molar refractivity (Wildman–Crippen MR) is 145 cm³/mol. The number of hydrogen-bond acceptors (Lipinski definition) is 3. The number of ether oxygens (including phenoxy) is 3. The Morgan fingerprint density at radius 2 is 1.40 bits per heavy atom. The van der Waals surface area contributed by atoms with Crippen molar-refractivity contribution in [3.05, 3.63) is 101 Å². The first-order valence-corrected chi connectivity index (χ1v) is 18.4. The second-order valence-corrected chi connectivity index (χ2v) is 20.3. The van der Waals surface area contributed by atoms with Gasteiger partial charge in [-0.2, -0.15) is 0 Å². The number of hydrogen-bond donors (Lipinski definition) is 0. The van der Waals surface area contributed by atoms with E-state index in [4.69, 9.17) is 17.0 Å². The van der Waals surface area contributed by atoms with Crippen LogP contribution in [0.25, 0.3) is 0 Å². The van der Waals surface area contributed by atoms with Crippen LogP contribution in [0, 0.1) is 5.92 Å². The van der Waals surface area contributed by atoms with E-state index in [1.807, 2.05) is 6.92 Å². The third-order valence-electron chi connectivity index (χ3n) is 8.17. The van der Waals surface area contributed by atoms with Crippen molar-refractivity contribution in [3.8, 4) is 0 Å². The molecular formula is C31H36O3Sn. The van der Waals surface area contributed by atoms with Crippen molar-refractivity contribution in [2.45, 2.75) is 37.9 Å². The van der Waals surface area contributed by atoms with Gasteiger partial charge in [0, 0.05) is 0 Å². The van der Waals surface area contributed by atoms with Crippen molar-refractivity contribution in [2.24, 2.45) is 5.92 Å². The topological polar surface area (TPSA) is 27.7 Å². The van der Waals surface area contributed by atoms with Crippen LogP contribution in [-0.4, -0.2) is 56.5 Å². The van der Waals surface area contributed by atoms with E-state index in [0.29, 0.717) is 13.2 Å². The van der Waals surface area contributed by atoms with Crippen LogP contribution in [0.5, 0.6) is 0 Å². The first kappa shape index (κ1) is 22.3. The Labute approximate surface area is 216 Å². The summed E-state index contributed by atoms with van der Waals surface area (Å²) in [5, 5.41) is 0. The van der Waals surface area contributed by atoms with Crippen LogP contribution in [0.1, 0.15) is 29.4 Å². The summed E-state index contributed by atoms with van der Waals surface area (Å²) in [7, 11) is 1.41. The van der Waals surface area contributed by atoms with E-state index in [0.717, 1.165) is 6.42 Å². The quantitative estimate of drug-likeness (QED) is 0.394. The molecule has 0 N–H and O–H groups in total. The van der Waals surface area contributed by atoms with Gasteiger partial charge in [0.05, 0.1) is 0 Å². The van der Waals surface area contributed by atoms with Crippen molar-refractivity contribution in [3.63, 3.8) is 0 Å². The fraction of sp³-hybridized carbons (Fsp3) is 0.355. The molecule has 0 saturated carbocycles. The Morgan fingerprint density at radius 1 is 0.886 bits per heavy atom. The van der Waals surface area contributed by atoms with Crippen LogP contribution < -0.4 is 10.7 Å². The van der Waals surface area contributed by atoms with E-state index in [1.165, 1.54) is 23.4 Å². The van der Waals surface area contributed by atoms with Crippen molar-refractivity contribution >= 4 is 29.1 Å². The first-order chi connectivity index (χ1) is 17.7. The third-order valence-corrected chi connectivity index (χ3v) is 21.1. The molecular weight excluding hydrogens is 539 g/mol. The summed E-state index contributed by atoms with van der Waals surface area (Å²) in [5.41, 5.74) is -0.0750. The number of benzene rings is 3. The monoisotopic (exact) mass is 578 g/mol. The zero-order valence-electron chi connectivity index (χ0n) is 22.9. The van der Waals surface area contributed by atoms with Gasteiger partial charge in [-0.1, -0.05) is 0 Å². The molecule has 3 nitrogen and oxygen atoms in total. The van der Waals surface area contributed by atoms with E-state index < -0.39 is 36.1 Å². The summed E-state index contributed by atoms with van der Waals surface area (Å²) in [6, 6.07) is 33.0. The van der Waals surface area contributed by atoms with Crippen molar-refractivity contribution in [1.29, 1.82) is 0 Å². The molecule has 0 amide bonds. The summed E-state index contributed by atoms with van der Waals surface area (Å²) in [6.45, 7) is 3.40. The molecule has 3 aromatic carbocycles. The average Bonchev–Trinajstić information content (AvgIpc) is 3.18. The summed E-state index contributed by atoms with van der Waals surface area (Å²) < 4.78 is 41.6. The molecule has 2 heterocycles. The average molecular weight is 577 g/mol. The molecule has 4 heteroatoms. The van der Waals surface area contributed by atoms with E-state index in [1.54, 1.807) is 0 Å². The Kier molecular flexibility index (Phi) is 6.50. The molecule has 182 valence electrons. The molecule has 2 aliphatic heterocycles. The van der Waals surface area contributed by atoms with Crippen molar-refractivity contribution in [1.82, 2.24) is 0 Å². The SMILES string of the molecule is [2H]C([2H])(C[C@@]1(C)OC[C@@H]2/C(=[CH]/[Sn]([c]3ccccc3)([c]3ccccc3)[c]3ccccc3)CCO[C@@]21C)OC. The summed E-state index contributed by atoms with van der Waals surface area (Å²) >= 11 is -3.64. The predicted octanol–water partition coefficient (Wildman–Crippen LogP) is 4.24. The van der Waals surface area contributed by atoms with Gasteiger partial charge in [-0.15, -0.1) is 0 Å². The molecule has 3 atom stereocenters. The van der Waals surface area contributed by atoms with Gasteiger partial charge in [-0.3, -0.25) is 0 Å². The van der Waals surface area contributed by atoms with Crippen LogP contribution in [0.15, 0.2) is 101 Å². The summed E-state index contributed by atoms with van der Waals surface area (Å²) in [6.07, 6.45) is 0.962. The fourth-order valence-electron chi connectivity index (χ4n) is 5.95. The normalized spacial score (nSPS) is 28.9.